The van der Waals surface area contributed by atoms with E-state index in [4.69, 9.17) is 0 Å². The van der Waals surface area contributed by atoms with Gasteiger partial charge in [0.05, 0.1) is 16.3 Å². The summed E-state index contributed by atoms with van der Waals surface area (Å²) in [6.45, 7) is 1.33. The number of rotatable bonds is 2. The number of hydrogen-bond acceptors (Lipinski definition) is 4. The zero-order chi connectivity index (χ0) is 15.7. The summed E-state index contributed by atoms with van der Waals surface area (Å²) in [6.07, 6.45) is 0. The Balaban J connectivity index is 1.93. The van der Waals surface area contributed by atoms with E-state index in [0.717, 1.165) is 17.9 Å². The van der Waals surface area contributed by atoms with Gasteiger partial charge in [0.15, 0.2) is 0 Å². The molecule has 0 aliphatic carbocycles. The maximum Gasteiger partial charge on any atom is 0.269 e. The highest BCUT2D eigenvalue weighted by molar-refractivity contribution is 6.08. The molecule has 22 heavy (non-hydrogen) atoms. The second-order valence-electron chi connectivity index (χ2n) is 5.17. The minimum atomic E-state index is -0.473. The van der Waals surface area contributed by atoms with Crippen molar-refractivity contribution in [2.75, 3.05) is 29.9 Å². The molecule has 2 aromatic rings. The van der Waals surface area contributed by atoms with Gasteiger partial charge in [0.2, 0.25) is 0 Å². The summed E-state index contributed by atoms with van der Waals surface area (Å²) in [6, 6.07) is 13.4. The summed E-state index contributed by atoms with van der Waals surface area (Å²) in [7, 11) is 1.99. The molecule has 0 spiro atoms. The first-order chi connectivity index (χ1) is 10.6. The number of nitrogens with zero attached hydrogens (tertiary/aromatic N) is 3. The van der Waals surface area contributed by atoms with Crippen LogP contribution in [0.4, 0.5) is 17.1 Å². The van der Waals surface area contributed by atoms with Gasteiger partial charge in [0.25, 0.3) is 11.6 Å². The van der Waals surface area contributed by atoms with Crippen LogP contribution in [0.1, 0.15) is 10.4 Å². The number of likely N-dealkylation sites (N-methyl/N-ethyl adjacent to an activating group) is 1. The Labute approximate surface area is 127 Å². The van der Waals surface area contributed by atoms with E-state index in [2.05, 4.69) is 4.90 Å². The number of nitro benzene ring substituents is 1. The van der Waals surface area contributed by atoms with Gasteiger partial charge in [-0.3, -0.25) is 14.9 Å². The standard InChI is InChI=1S/C16H15N3O3/c1-17-10-11-18(15-5-3-2-4-14(15)17)16(20)12-6-8-13(9-7-12)19(21)22/h2-9H,10-11H2,1H3. The van der Waals surface area contributed by atoms with Crippen LogP contribution in [0.25, 0.3) is 0 Å². The number of non-ortho nitro benzene ring substituents is 1. The summed E-state index contributed by atoms with van der Waals surface area (Å²) in [5.74, 6) is -0.143. The Morgan fingerprint density at radius 3 is 2.32 bits per heavy atom. The van der Waals surface area contributed by atoms with Gasteiger partial charge in [-0.05, 0) is 24.3 Å². The Morgan fingerprint density at radius 2 is 1.68 bits per heavy atom. The zero-order valence-corrected chi connectivity index (χ0v) is 12.1. The highest BCUT2D eigenvalue weighted by Crippen LogP contribution is 2.32. The van der Waals surface area contributed by atoms with Crippen LogP contribution >= 0.6 is 0 Å². The highest BCUT2D eigenvalue weighted by atomic mass is 16.6. The number of nitro groups is 1. The third-order valence-corrected chi connectivity index (χ3v) is 3.81. The number of amides is 1. The predicted octanol–water partition coefficient (Wildman–Crippen LogP) is 2.69. The molecule has 6 nitrogen and oxygen atoms in total. The van der Waals surface area contributed by atoms with Crippen LogP contribution in [0, 0.1) is 10.1 Å². The first-order valence-corrected chi connectivity index (χ1v) is 6.94. The normalized spacial score (nSPS) is 13.7. The van der Waals surface area contributed by atoms with E-state index in [0.29, 0.717) is 12.1 Å². The fourth-order valence-corrected chi connectivity index (χ4v) is 2.60. The number of benzene rings is 2. The molecular formula is C16H15N3O3. The zero-order valence-electron chi connectivity index (χ0n) is 12.1. The number of para-hydroxylation sites is 2. The Kier molecular flexibility index (Phi) is 3.50. The number of carbonyl (C=O) groups excluding carboxylic acids is 1. The first-order valence-electron chi connectivity index (χ1n) is 6.94. The molecule has 1 heterocycles. The van der Waals surface area contributed by atoms with E-state index in [1.165, 1.54) is 24.3 Å². The van der Waals surface area contributed by atoms with E-state index in [9.17, 15) is 14.9 Å². The van der Waals surface area contributed by atoms with Crippen LogP contribution in [-0.4, -0.2) is 31.0 Å². The second-order valence-corrected chi connectivity index (χ2v) is 5.17. The monoisotopic (exact) mass is 297 g/mol. The maximum atomic E-state index is 12.7. The molecule has 1 aliphatic rings. The van der Waals surface area contributed by atoms with Crippen LogP contribution in [0.3, 0.4) is 0 Å². The molecular weight excluding hydrogens is 282 g/mol. The third kappa shape index (κ3) is 2.39. The fraction of sp³-hybridized carbons (Fsp3) is 0.188. The van der Waals surface area contributed by atoms with Gasteiger partial charge in [-0.25, -0.2) is 0 Å². The van der Waals surface area contributed by atoms with Crippen molar-refractivity contribution in [1.29, 1.82) is 0 Å². The van der Waals surface area contributed by atoms with Crippen LogP contribution in [-0.2, 0) is 0 Å². The minimum Gasteiger partial charge on any atom is -0.371 e. The van der Waals surface area contributed by atoms with Gasteiger partial charge in [0.1, 0.15) is 0 Å². The van der Waals surface area contributed by atoms with E-state index >= 15 is 0 Å². The Hall–Kier alpha value is -2.89. The number of carbonyl (C=O) groups is 1. The summed E-state index contributed by atoms with van der Waals surface area (Å²) < 4.78 is 0. The van der Waals surface area contributed by atoms with Gasteiger partial charge >= 0.3 is 0 Å². The summed E-state index contributed by atoms with van der Waals surface area (Å²) in [4.78, 5) is 26.7. The van der Waals surface area contributed by atoms with Crippen molar-refractivity contribution in [3.63, 3.8) is 0 Å². The van der Waals surface area contributed by atoms with Gasteiger partial charge in [-0.15, -0.1) is 0 Å². The fourth-order valence-electron chi connectivity index (χ4n) is 2.60. The largest absolute Gasteiger partial charge is 0.371 e. The molecule has 0 bridgehead atoms. The average Bonchev–Trinajstić information content (AvgIpc) is 2.55. The smallest absolute Gasteiger partial charge is 0.269 e. The first kappa shape index (κ1) is 14.1. The minimum absolute atomic E-state index is 0.0182. The maximum absolute atomic E-state index is 12.7. The lowest BCUT2D eigenvalue weighted by Gasteiger charge is -2.35. The number of hydrogen-bond donors (Lipinski definition) is 0. The lowest BCUT2D eigenvalue weighted by atomic mass is 10.1. The van der Waals surface area contributed by atoms with Crippen molar-refractivity contribution in [3.05, 3.63) is 64.2 Å². The molecule has 0 radical (unpaired) electrons. The Morgan fingerprint density at radius 1 is 1.05 bits per heavy atom. The lowest BCUT2D eigenvalue weighted by Crippen LogP contribution is -2.42. The van der Waals surface area contributed by atoms with Crippen molar-refractivity contribution in [2.24, 2.45) is 0 Å². The van der Waals surface area contributed by atoms with Crippen molar-refractivity contribution >= 4 is 23.0 Å². The molecule has 6 heteroatoms. The van der Waals surface area contributed by atoms with Crippen LogP contribution < -0.4 is 9.80 Å². The van der Waals surface area contributed by atoms with Crippen LogP contribution in [0.15, 0.2) is 48.5 Å². The topological polar surface area (TPSA) is 66.7 Å². The predicted molar refractivity (Wildman–Crippen MR) is 84.5 cm³/mol. The molecule has 0 N–H and O–H groups in total. The average molecular weight is 297 g/mol. The summed E-state index contributed by atoms with van der Waals surface area (Å²) in [5, 5.41) is 10.7. The molecule has 0 atom stereocenters. The molecule has 0 saturated carbocycles. The van der Waals surface area contributed by atoms with E-state index in [1.807, 2.05) is 31.3 Å². The van der Waals surface area contributed by atoms with E-state index in [-0.39, 0.29) is 11.6 Å². The highest BCUT2D eigenvalue weighted by Gasteiger charge is 2.25. The molecule has 0 unspecified atom stereocenters. The number of fused-ring (bicyclic) bond motifs is 1. The quantitative estimate of drug-likeness (QED) is 0.631. The van der Waals surface area contributed by atoms with Crippen molar-refractivity contribution < 1.29 is 9.72 Å². The number of anilines is 2. The molecule has 0 fully saturated rings. The second kappa shape index (κ2) is 5.48. The Bertz CT molecular complexity index is 728. The van der Waals surface area contributed by atoms with Crippen molar-refractivity contribution in [2.45, 2.75) is 0 Å². The van der Waals surface area contributed by atoms with Crippen LogP contribution in [0.5, 0.6) is 0 Å². The van der Waals surface area contributed by atoms with Crippen molar-refractivity contribution in [1.82, 2.24) is 0 Å². The summed E-state index contributed by atoms with van der Waals surface area (Å²) in [5.41, 5.74) is 2.30. The molecule has 0 aromatic heterocycles. The SMILES string of the molecule is CN1CCN(C(=O)c2ccc([N+](=O)[O-])cc2)c2ccccc21. The van der Waals surface area contributed by atoms with Gasteiger partial charge in [-0.1, -0.05) is 12.1 Å². The molecule has 0 saturated heterocycles. The van der Waals surface area contributed by atoms with E-state index < -0.39 is 4.92 Å². The van der Waals surface area contributed by atoms with Gasteiger partial charge in [0, 0.05) is 37.8 Å². The molecule has 1 amide bonds. The van der Waals surface area contributed by atoms with Crippen molar-refractivity contribution in [3.8, 4) is 0 Å². The van der Waals surface area contributed by atoms with Gasteiger partial charge in [-0.2, -0.15) is 0 Å². The lowest BCUT2D eigenvalue weighted by molar-refractivity contribution is -0.384. The molecule has 3 rings (SSSR count). The van der Waals surface area contributed by atoms with E-state index in [1.54, 1.807) is 4.90 Å². The molecule has 2 aromatic carbocycles. The third-order valence-electron chi connectivity index (χ3n) is 3.81. The van der Waals surface area contributed by atoms with Crippen LogP contribution in [0.2, 0.25) is 0 Å². The molecule has 112 valence electrons. The molecule has 1 aliphatic heterocycles. The van der Waals surface area contributed by atoms with Gasteiger partial charge < -0.3 is 9.80 Å². The summed E-state index contributed by atoms with van der Waals surface area (Å²) >= 11 is 0.